The lowest BCUT2D eigenvalue weighted by Gasteiger charge is -2.32. The van der Waals surface area contributed by atoms with Gasteiger partial charge >= 0.3 is 0 Å². The maximum atomic E-state index is 10.6. The van der Waals surface area contributed by atoms with Gasteiger partial charge in [-0.25, -0.2) is 0 Å². The summed E-state index contributed by atoms with van der Waals surface area (Å²) in [7, 11) is 0. The highest BCUT2D eigenvalue weighted by molar-refractivity contribution is 5.49. The van der Waals surface area contributed by atoms with Crippen molar-refractivity contribution in [2.75, 3.05) is 19.6 Å². The van der Waals surface area contributed by atoms with E-state index in [0.717, 1.165) is 18.6 Å². The van der Waals surface area contributed by atoms with E-state index in [1.54, 1.807) is 0 Å². The Morgan fingerprint density at radius 3 is 2.35 bits per heavy atom. The van der Waals surface area contributed by atoms with Crippen LogP contribution in [-0.2, 0) is 4.79 Å². The molecule has 0 aliphatic heterocycles. The van der Waals surface area contributed by atoms with Gasteiger partial charge in [0, 0.05) is 13.0 Å². The summed E-state index contributed by atoms with van der Waals surface area (Å²) in [5.41, 5.74) is 0. The first-order valence-corrected chi connectivity index (χ1v) is 7.46. The number of carbonyl (C=O) groups is 1. The molecule has 2 heteroatoms. The van der Waals surface area contributed by atoms with E-state index in [9.17, 15) is 4.79 Å². The second-order valence-corrected chi connectivity index (χ2v) is 5.60. The molecule has 2 nitrogen and oxygen atoms in total. The van der Waals surface area contributed by atoms with E-state index in [0.29, 0.717) is 5.92 Å². The molecule has 0 amide bonds. The van der Waals surface area contributed by atoms with Gasteiger partial charge in [0.2, 0.25) is 0 Å². The molecule has 0 radical (unpaired) electrons. The molecule has 0 aromatic heterocycles. The molecule has 1 fully saturated rings. The Balaban J connectivity index is 2.34. The molecule has 0 aromatic rings. The molecule has 0 saturated heterocycles. The largest absolute Gasteiger partial charge is 0.303 e. The molecule has 0 spiro atoms. The van der Waals surface area contributed by atoms with Crippen LogP contribution in [0.15, 0.2) is 0 Å². The fraction of sp³-hybridized carbons (Fsp3) is 0.933. The van der Waals surface area contributed by atoms with Crippen molar-refractivity contribution in [1.82, 2.24) is 4.90 Å². The SMILES string of the molecule is CCCN(CCC)CC1CCCC(CC=O)C1. The predicted octanol–water partition coefficient (Wildman–Crippen LogP) is 3.50. The molecule has 1 saturated carbocycles. The molecule has 0 heterocycles. The van der Waals surface area contributed by atoms with E-state index in [2.05, 4.69) is 18.7 Å². The van der Waals surface area contributed by atoms with Crippen LogP contribution in [0.1, 0.15) is 58.8 Å². The third-order valence-corrected chi connectivity index (χ3v) is 3.92. The van der Waals surface area contributed by atoms with E-state index < -0.39 is 0 Å². The van der Waals surface area contributed by atoms with Gasteiger partial charge in [0.15, 0.2) is 0 Å². The molecule has 17 heavy (non-hydrogen) atoms. The average Bonchev–Trinajstić information content (AvgIpc) is 2.30. The molecular weight excluding hydrogens is 210 g/mol. The first-order valence-electron chi connectivity index (χ1n) is 7.46. The third-order valence-electron chi connectivity index (χ3n) is 3.92. The summed E-state index contributed by atoms with van der Waals surface area (Å²) < 4.78 is 0. The van der Waals surface area contributed by atoms with Crippen LogP contribution in [0.4, 0.5) is 0 Å². The first-order chi connectivity index (χ1) is 8.30. The van der Waals surface area contributed by atoms with Gasteiger partial charge in [-0.05, 0) is 50.6 Å². The number of nitrogens with zero attached hydrogens (tertiary/aromatic N) is 1. The zero-order valence-electron chi connectivity index (χ0n) is 11.7. The Kier molecular flexibility index (Phi) is 7.50. The molecule has 2 atom stereocenters. The van der Waals surface area contributed by atoms with Crippen LogP contribution in [0, 0.1) is 11.8 Å². The second-order valence-electron chi connectivity index (χ2n) is 5.60. The van der Waals surface area contributed by atoms with Crippen molar-refractivity contribution in [2.45, 2.75) is 58.8 Å². The fourth-order valence-corrected chi connectivity index (χ4v) is 3.21. The van der Waals surface area contributed by atoms with Crippen LogP contribution in [0.5, 0.6) is 0 Å². The van der Waals surface area contributed by atoms with E-state index in [-0.39, 0.29) is 0 Å². The lowest BCUT2D eigenvalue weighted by Crippen LogP contribution is -2.33. The van der Waals surface area contributed by atoms with Crippen molar-refractivity contribution in [1.29, 1.82) is 0 Å². The normalized spacial score (nSPS) is 25.1. The standard InChI is InChI=1S/C15H29NO/c1-3-9-16(10-4-2)13-15-7-5-6-14(12-15)8-11-17/h11,14-15H,3-10,12-13H2,1-2H3. The fourth-order valence-electron chi connectivity index (χ4n) is 3.21. The number of rotatable bonds is 8. The Morgan fingerprint density at radius 1 is 1.12 bits per heavy atom. The number of hydrogen-bond acceptors (Lipinski definition) is 2. The Bertz CT molecular complexity index is 199. The van der Waals surface area contributed by atoms with Crippen LogP contribution in [0.2, 0.25) is 0 Å². The van der Waals surface area contributed by atoms with Crippen LogP contribution in [0.3, 0.4) is 0 Å². The van der Waals surface area contributed by atoms with Crippen molar-refractivity contribution in [3.05, 3.63) is 0 Å². The zero-order chi connectivity index (χ0) is 12.5. The highest BCUT2D eigenvalue weighted by Gasteiger charge is 2.23. The molecular formula is C15H29NO. The Morgan fingerprint density at radius 2 is 1.76 bits per heavy atom. The van der Waals surface area contributed by atoms with Gasteiger partial charge < -0.3 is 9.69 Å². The van der Waals surface area contributed by atoms with Crippen LogP contribution < -0.4 is 0 Å². The summed E-state index contributed by atoms with van der Waals surface area (Å²) in [4.78, 5) is 13.2. The van der Waals surface area contributed by atoms with Crippen LogP contribution >= 0.6 is 0 Å². The number of aldehydes is 1. The van der Waals surface area contributed by atoms with Gasteiger partial charge in [-0.1, -0.05) is 26.7 Å². The van der Waals surface area contributed by atoms with Gasteiger partial charge in [0.25, 0.3) is 0 Å². The number of hydrogen-bond donors (Lipinski definition) is 0. The summed E-state index contributed by atoms with van der Waals surface area (Å²) in [5.74, 6) is 1.52. The van der Waals surface area contributed by atoms with E-state index in [1.165, 1.54) is 58.2 Å². The smallest absolute Gasteiger partial charge is 0.120 e. The quantitative estimate of drug-likeness (QED) is 0.604. The molecule has 0 aromatic carbocycles. The first kappa shape index (κ1) is 14.7. The predicted molar refractivity (Wildman–Crippen MR) is 73.2 cm³/mol. The number of carbonyl (C=O) groups excluding carboxylic acids is 1. The highest BCUT2D eigenvalue weighted by atomic mass is 16.1. The highest BCUT2D eigenvalue weighted by Crippen LogP contribution is 2.31. The summed E-state index contributed by atoms with van der Waals surface area (Å²) in [6.45, 7) is 8.26. The summed E-state index contributed by atoms with van der Waals surface area (Å²) in [6, 6.07) is 0. The lowest BCUT2D eigenvalue weighted by molar-refractivity contribution is -0.108. The molecule has 0 N–H and O–H groups in total. The lowest BCUT2D eigenvalue weighted by atomic mass is 9.80. The molecule has 1 rings (SSSR count). The molecule has 0 bridgehead atoms. The Hall–Kier alpha value is -0.370. The topological polar surface area (TPSA) is 20.3 Å². The van der Waals surface area contributed by atoms with Gasteiger partial charge in [0.05, 0.1) is 0 Å². The van der Waals surface area contributed by atoms with Gasteiger partial charge in [0.1, 0.15) is 6.29 Å². The van der Waals surface area contributed by atoms with Crippen molar-refractivity contribution < 1.29 is 4.79 Å². The summed E-state index contributed by atoms with van der Waals surface area (Å²) in [6.07, 6.45) is 9.67. The minimum absolute atomic E-state index is 0.677. The van der Waals surface area contributed by atoms with Crippen molar-refractivity contribution >= 4 is 6.29 Å². The van der Waals surface area contributed by atoms with Gasteiger partial charge in [-0.15, -0.1) is 0 Å². The summed E-state index contributed by atoms with van der Waals surface area (Å²) in [5, 5.41) is 0. The zero-order valence-corrected chi connectivity index (χ0v) is 11.7. The summed E-state index contributed by atoms with van der Waals surface area (Å²) >= 11 is 0. The van der Waals surface area contributed by atoms with Crippen LogP contribution in [0.25, 0.3) is 0 Å². The maximum absolute atomic E-state index is 10.6. The van der Waals surface area contributed by atoms with E-state index in [1.807, 2.05) is 0 Å². The van der Waals surface area contributed by atoms with Crippen molar-refractivity contribution in [3.8, 4) is 0 Å². The van der Waals surface area contributed by atoms with Crippen molar-refractivity contribution in [3.63, 3.8) is 0 Å². The van der Waals surface area contributed by atoms with Gasteiger partial charge in [-0.2, -0.15) is 0 Å². The minimum atomic E-state index is 0.677. The van der Waals surface area contributed by atoms with E-state index in [4.69, 9.17) is 0 Å². The molecule has 2 unspecified atom stereocenters. The monoisotopic (exact) mass is 239 g/mol. The van der Waals surface area contributed by atoms with E-state index >= 15 is 0 Å². The van der Waals surface area contributed by atoms with Crippen molar-refractivity contribution in [2.24, 2.45) is 11.8 Å². The average molecular weight is 239 g/mol. The third kappa shape index (κ3) is 5.67. The molecule has 1 aliphatic carbocycles. The maximum Gasteiger partial charge on any atom is 0.120 e. The Labute approximate surface area is 107 Å². The second kappa shape index (κ2) is 8.68. The molecule has 100 valence electrons. The molecule has 1 aliphatic rings. The van der Waals surface area contributed by atoms with Crippen LogP contribution in [-0.4, -0.2) is 30.8 Å². The minimum Gasteiger partial charge on any atom is -0.303 e. The van der Waals surface area contributed by atoms with Gasteiger partial charge in [-0.3, -0.25) is 0 Å².